The maximum atomic E-state index is 13.9. The molecule has 1 heterocycles. The zero-order valence-electron chi connectivity index (χ0n) is 17.3. The maximum absolute atomic E-state index is 13.9. The largest absolute Gasteiger partial charge is 0.496 e. The van der Waals surface area contributed by atoms with Crippen molar-refractivity contribution in [3.63, 3.8) is 0 Å². The molecule has 4 rings (SSSR count). The Labute approximate surface area is 185 Å². The van der Waals surface area contributed by atoms with Crippen LogP contribution in [0.15, 0.2) is 84.9 Å². The van der Waals surface area contributed by atoms with Gasteiger partial charge in [-0.3, -0.25) is 4.79 Å². The van der Waals surface area contributed by atoms with E-state index in [4.69, 9.17) is 4.74 Å². The molecule has 5 heteroatoms. The third-order valence-electron chi connectivity index (χ3n) is 5.04. The van der Waals surface area contributed by atoms with Crippen LogP contribution in [-0.4, -0.2) is 13.0 Å². The number of anilines is 1. The van der Waals surface area contributed by atoms with Crippen LogP contribution < -0.4 is 9.64 Å². The number of amides is 1. The van der Waals surface area contributed by atoms with Gasteiger partial charge in [0.05, 0.1) is 13.7 Å². The summed E-state index contributed by atoms with van der Waals surface area (Å²) in [5, 5.41) is 0. The molecule has 31 heavy (non-hydrogen) atoms. The van der Waals surface area contributed by atoms with Crippen molar-refractivity contribution in [3.05, 3.63) is 107 Å². The van der Waals surface area contributed by atoms with Gasteiger partial charge in [-0.05, 0) is 78.7 Å². The molecule has 0 unspecified atom stereocenters. The first-order valence-electron chi connectivity index (χ1n) is 9.91. The van der Waals surface area contributed by atoms with Gasteiger partial charge in [-0.25, -0.2) is 4.39 Å². The zero-order valence-corrected chi connectivity index (χ0v) is 18.2. The van der Waals surface area contributed by atoms with Gasteiger partial charge in [-0.1, -0.05) is 24.3 Å². The lowest BCUT2D eigenvalue weighted by atomic mass is 10.1. The minimum absolute atomic E-state index is 0.165. The van der Waals surface area contributed by atoms with Crippen molar-refractivity contribution in [2.75, 3.05) is 12.0 Å². The van der Waals surface area contributed by atoms with Crippen molar-refractivity contribution in [3.8, 4) is 16.2 Å². The summed E-state index contributed by atoms with van der Waals surface area (Å²) < 4.78 is 19.3. The number of rotatable bonds is 6. The number of benzene rings is 3. The Morgan fingerprint density at radius 2 is 1.77 bits per heavy atom. The molecule has 1 amide bonds. The smallest absolute Gasteiger partial charge is 0.258 e. The van der Waals surface area contributed by atoms with E-state index in [-0.39, 0.29) is 11.7 Å². The average Bonchev–Trinajstić information content (AvgIpc) is 3.26. The van der Waals surface area contributed by atoms with E-state index in [2.05, 4.69) is 12.1 Å². The fourth-order valence-electron chi connectivity index (χ4n) is 3.47. The third-order valence-corrected chi connectivity index (χ3v) is 6.16. The minimum atomic E-state index is -0.371. The molecule has 0 saturated carbocycles. The predicted molar refractivity (Wildman–Crippen MR) is 124 cm³/mol. The van der Waals surface area contributed by atoms with E-state index in [1.807, 2.05) is 43.3 Å². The molecule has 0 aliphatic rings. The van der Waals surface area contributed by atoms with Gasteiger partial charge in [0.2, 0.25) is 0 Å². The van der Waals surface area contributed by atoms with Gasteiger partial charge in [0.25, 0.3) is 5.91 Å². The van der Waals surface area contributed by atoms with Gasteiger partial charge in [0.1, 0.15) is 11.6 Å². The van der Waals surface area contributed by atoms with E-state index < -0.39 is 0 Å². The lowest BCUT2D eigenvalue weighted by molar-refractivity contribution is 0.0985. The van der Waals surface area contributed by atoms with E-state index in [1.54, 1.807) is 47.6 Å². The number of halogens is 1. The van der Waals surface area contributed by atoms with E-state index in [1.165, 1.54) is 12.1 Å². The summed E-state index contributed by atoms with van der Waals surface area (Å²) in [5.74, 6) is 0.316. The molecule has 4 aromatic rings. The van der Waals surface area contributed by atoms with Gasteiger partial charge in [0.15, 0.2) is 0 Å². The predicted octanol–water partition coefficient (Wildman–Crippen LogP) is 6.72. The summed E-state index contributed by atoms with van der Waals surface area (Å²) in [6, 6.07) is 25.4. The van der Waals surface area contributed by atoms with Gasteiger partial charge < -0.3 is 9.64 Å². The highest BCUT2D eigenvalue weighted by Gasteiger charge is 2.19. The number of hydrogen-bond acceptors (Lipinski definition) is 3. The number of nitrogens with zero attached hydrogens (tertiary/aromatic N) is 1. The van der Waals surface area contributed by atoms with Crippen molar-refractivity contribution in [1.29, 1.82) is 0 Å². The second-order valence-electron chi connectivity index (χ2n) is 7.19. The molecule has 1 aromatic heterocycles. The minimum Gasteiger partial charge on any atom is -0.496 e. The van der Waals surface area contributed by atoms with E-state index in [0.29, 0.717) is 17.8 Å². The van der Waals surface area contributed by atoms with E-state index >= 15 is 0 Å². The number of methoxy groups -OCH3 is 1. The van der Waals surface area contributed by atoms with Gasteiger partial charge in [-0.2, -0.15) is 0 Å². The van der Waals surface area contributed by atoms with Crippen molar-refractivity contribution in [1.82, 2.24) is 0 Å². The summed E-state index contributed by atoms with van der Waals surface area (Å²) in [6.07, 6.45) is 0. The van der Waals surface area contributed by atoms with Crippen LogP contribution in [0.5, 0.6) is 5.75 Å². The molecule has 0 aliphatic heterocycles. The first kappa shape index (κ1) is 20.8. The topological polar surface area (TPSA) is 29.5 Å². The van der Waals surface area contributed by atoms with Crippen molar-refractivity contribution in [2.24, 2.45) is 0 Å². The molecule has 0 spiro atoms. The first-order valence-corrected chi connectivity index (χ1v) is 10.7. The Balaban J connectivity index is 1.65. The Morgan fingerprint density at radius 3 is 2.48 bits per heavy atom. The van der Waals surface area contributed by atoms with Gasteiger partial charge in [0, 0.05) is 21.0 Å². The van der Waals surface area contributed by atoms with E-state index in [9.17, 15) is 9.18 Å². The molecule has 0 aliphatic carbocycles. The summed E-state index contributed by atoms with van der Waals surface area (Å²) in [5.41, 5.74) is 3.26. The van der Waals surface area contributed by atoms with Gasteiger partial charge in [-0.15, -0.1) is 11.3 Å². The molecule has 0 saturated heterocycles. The maximum Gasteiger partial charge on any atom is 0.258 e. The number of carbonyl (C=O) groups excluding carboxylic acids is 1. The number of aryl methyl sites for hydroxylation is 1. The highest BCUT2D eigenvalue weighted by Crippen LogP contribution is 2.33. The molecular weight excluding hydrogens is 409 g/mol. The lowest BCUT2D eigenvalue weighted by Crippen LogP contribution is -2.30. The summed E-state index contributed by atoms with van der Waals surface area (Å²) >= 11 is 1.62. The Bertz CT molecular complexity index is 1200. The summed E-state index contributed by atoms with van der Waals surface area (Å²) in [6.45, 7) is 2.37. The molecule has 0 fully saturated rings. The molecule has 0 atom stereocenters. The number of carbonyl (C=O) groups is 1. The molecule has 3 nitrogen and oxygen atoms in total. The molecule has 3 aromatic carbocycles. The van der Waals surface area contributed by atoms with Crippen LogP contribution in [0, 0.1) is 12.7 Å². The first-order chi connectivity index (χ1) is 15.0. The highest BCUT2D eigenvalue weighted by atomic mass is 32.1. The van der Waals surface area contributed by atoms with Crippen LogP contribution >= 0.6 is 11.3 Å². The Morgan fingerprint density at radius 1 is 0.968 bits per heavy atom. The van der Waals surface area contributed by atoms with Crippen molar-refractivity contribution < 1.29 is 13.9 Å². The zero-order chi connectivity index (χ0) is 21.8. The number of hydrogen-bond donors (Lipinski definition) is 0. The quantitative estimate of drug-likeness (QED) is 0.339. The fraction of sp³-hybridized carbons (Fsp3) is 0.115. The highest BCUT2D eigenvalue weighted by molar-refractivity contribution is 7.15. The third kappa shape index (κ3) is 4.67. The molecular formula is C26H22FNO2S. The lowest BCUT2D eigenvalue weighted by Gasteiger charge is -2.22. The number of ether oxygens (including phenoxy) is 1. The van der Waals surface area contributed by atoms with Crippen molar-refractivity contribution in [2.45, 2.75) is 13.5 Å². The van der Waals surface area contributed by atoms with Gasteiger partial charge >= 0.3 is 0 Å². The fourth-order valence-corrected chi connectivity index (χ4v) is 4.46. The SMILES string of the molecule is COc1ccc(-c2ccc(CN(C(=O)c3ccccc3)c3cccc(F)c3)s2)cc1C. The number of thiophene rings is 1. The molecule has 0 N–H and O–H groups in total. The molecule has 0 bridgehead atoms. The summed E-state index contributed by atoms with van der Waals surface area (Å²) in [7, 11) is 1.66. The van der Waals surface area contributed by atoms with Crippen LogP contribution in [0.3, 0.4) is 0 Å². The van der Waals surface area contributed by atoms with Crippen LogP contribution in [0.2, 0.25) is 0 Å². The molecule has 156 valence electrons. The van der Waals surface area contributed by atoms with Crippen LogP contribution in [0.25, 0.3) is 10.4 Å². The second-order valence-corrected chi connectivity index (χ2v) is 8.36. The van der Waals surface area contributed by atoms with Crippen LogP contribution in [0.1, 0.15) is 20.8 Å². The Hall–Kier alpha value is -3.44. The second kappa shape index (κ2) is 9.14. The average molecular weight is 432 g/mol. The van der Waals surface area contributed by atoms with Crippen LogP contribution in [0.4, 0.5) is 10.1 Å². The van der Waals surface area contributed by atoms with Crippen molar-refractivity contribution >= 4 is 22.9 Å². The summed E-state index contributed by atoms with van der Waals surface area (Å²) in [4.78, 5) is 17.0. The van der Waals surface area contributed by atoms with E-state index in [0.717, 1.165) is 26.6 Å². The monoisotopic (exact) mass is 431 g/mol. The normalized spacial score (nSPS) is 10.7. The Kier molecular flexibility index (Phi) is 6.14. The molecule has 0 radical (unpaired) electrons. The standard InChI is InChI=1S/C26H22FNO2S/c1-18-15-20(11-13-24(18)30-2)25-14-12-23(31-25)17-28(22-10-6-9-21(27)16-22)26(29)19-7-4-3-5-8-19/h3-16H,17H2,1-2H3. The van der Waals surface area contributed by atoms with Crippen LogP contribution in [-0.2, 0) is 6.54 Å².